The standard InChI is InChI=1S/C9H12INO/c10-8-3-4-11(7-8)5-6-12-9-1-2-9/h3-4,7,9H,1-2,5-6H2. The fraction of sp³-hybridized carbons (Fsp3) is 0.556. The molecule has 0 aliphatic heterocycles. The molecule has 0 bridgehead atoms. The molecule has 2 nitrogen and oxygen atoms in total. The van der Waals surface area contributed by atoms with Crippen LogP contribution in [0.2, 0.25) is 0 Å². The van der Waals surface area contributed by atoms with E-state index < -0.39 is 0 Å². The van der Waals surface area contributed by atoms with Gasteiger partial charge in [-0.15, -0.1) is 0 Å². The van der Waals surface area contributed by atoms with E-state index in [-0.39, 0.29) is 0 Å². The summed E-state index contributed by atoms with van der Waals surface area (Å²) in [5, 5.41) is 0. The molecular weight excluding hydrogens is 265 g/mol. The van der Waals surface area contributed by atoms with Crippen LogP contribution in [-0.4, -0.2) is 17.3 Å². The Bertz CT molecular complexity index is 255. The van der Waals surface area contributed by atoms with Gasteiger partial charge in [-0.3, -0.25) is 0 Å². The Kier molecular flexibility index (Phi) is 2.70. The molecule has 1 fully saturated rings. The highest BCUT2D eigenvalue weighted by Crippen LogP contribution is 2.23. The van der Waals surface area contributed by atoms with E-state index in [4.69, 9.17) is 4.74 Å². The van der Waals surface area contributed by atoms with Crippen molar-refractivity contribution in [3.8, 4) is 0 Å². The fourth-order valence-corrected chi connectivity index (χ4v) is 1.63. The number of ether oxygens (including phenoxy) is 1. The first-order valence-electron chi connectivity index (χ1n) is 4.27. The van der Waals surface area contributed by atoms with Crippen LogP contribution in [0.3, 0.4) is 0 Å². The molecule has 0 aromatic carbocycles. The lowest BCUT2D eigenvalue weighted by Gasteiger charge is -2.02. The summed E-state index contributed by atoms with van der Waals surface area (Å²) in [6.07, 6.45) is 7.35. The molecule has 2 rings (SSSR count). The minimum absolute atomic E-state index is 0.583. The maximum atomic E-state index is 5.54. The normalized spacial score (nSPS) is 16.8. The SMILES string of the molecule is Ic1ccn(CCOC2CC2)c1. The second kappa shape index (κ2) is 3.79. The van der Waals surface area contributed by atoms with Crippen LogP contribution < -0.4 is 0 Å². The van der Waals surface area contributed by atoms with Crippen molar-refractivity contribution in [1.82, 2.24) is 4.57 Å². The van der Waals surface area contributed by atoms with Gasteiger partial charge in [-0.05, 0) is 41.5 Å². The molecule has 1 aromatic heterocycles. The van der Waals surface area contributed by atoms with Gasteiger partial charge in [-0.1, -0.05) is 0 Å². The highest BCUT2D eigenvalue weighted by Gasteiger charge is 2.21. The van der Waals surface area contributed by atoms with Crippen molar-refractivity contribution in [2.75, 3.05) is 6.61 Å². The molecule has 0 spiro atoms. The first-order valence-corrected chi connectivity index (χ1v) is 5.35. The average molecular weight is 277 g/mol. The zero-order valence-electron chi connectivity index (χ0n) is 6.87. The zero-order valence-corrected chi connectivity index (χ0v) is 9.03. The number of hydrogen-bond donors (Lipinski definition) is 0. The summed E-state index contributed by atoms with van der Waals surface area (Å²) in [7, 11) is 0. The third-order valence-corrected chi connectivity index (χ3v) is 2.58. The summed E-state index contributed by atoms with van der Waals surface area (Å²) < 4.78 is 9.00. The molecule has 0 N–H and O–H groups in total. The Hall–Kier alpha value is -0.0300. The largest absolute Gasteiger partial charge is 0.376 e. The Labute approximate surface area is 86.0 Å². The van der Waals surface area contributed by atoms with E-state index in [1.54, 1.807) is 0 Å². The van der Waals surface area contributed by atoms with Gasteiger partial charge >= 0.3 is 0 Å². The molecule has 3 heteroatoms. The molecule has 1 aliphatic carbocycles. The molecular formula is C9H12INO. The van der Waals surface area contributed by atoms with E-state index in [2.05, 4.69) is 45.6 Å². The van der Waals surface area contributed by atoms with Crippen LogP contribution in [0.15, 0.2) is 18.5 Å². The van der Waals surface area contributed by atoms with Crippen molar-refractivity contribution in [3.63, 3.8) is 0 Å². The summed E-state index contributed by atoms with van der Waals surface area (Å²) >= 11 is 2.32. The average Bonchev–Trinajstić information content (AvgIpc) is 2.76. The van der Waals surface area contributed by atoms with Gasteiger partial charge in [0, 0.05) is 22.5 Å². The molecule has 0 atom stereocenters. The number of rotatable bonds is 4. The Balaban J connectivity index is 1.71. The number of hydrogen-bond acceptors (Lipinski definition) is 1. The monoisotopic (exact) mass is 277 g/mol. The third kappa shape index (κ3) is 2.48. The molecule has 0 radical (unpaired) electrons. The maximum absolute atomic E-state index is 5.54. The predicted molar refractivity (Wildman–Crippen MR) is 56.1 cm³/mol. The maximum Gasteiger partial charge on any atom is 0.0649 e. The molecule has 1 aromatic rings. The van der Waals surface area contributed by atoms with E-state index in [9.17, 15) is 0 Å². The lowest BCUT2D eigenvalue weighted by molar-refractivity contribution is 0.112. The Morgan fingerprint density at radius 2 is 2.42 bits per heavy atom. The van der Waals surface area contributed by atoms with Gasteiger partial charge < -0.3 is 9.30 Å². The summed E-state index contributed by atoms with van der Waals surface area (Å²) in [4.78, 5) is 0. The van der Waals surface area contributed by atoms with Crippen LogP contribution in [0.1, 0.15) is 12.8 Å². The second-order valence-corrected chi connectivity index (χ2v) is 4.38. The molecule has 0 unspecified atom stereocenters. The predicted octanol–water partition coefficient (Wildman–Crippen LogP) is 2.27. The minimum atomic E-state index is 0.583. The molecule has 12 heavy (non-hydrogen) atoms. The van der Waals surface area contributed by atoms with Crippen molar-refractivity contribution in [1.29, 1.82) is 0 Å². The van der Waals surface area contributed by atoms with E-state index in [1.807, 2.05) is 0 Å². The van der Waals surface area contributed by atoms with Crippen molar-refractivity contribution in [2.45, 2.75) is 25.5 Å². The minimum Gasteiger partial charge on any atom is -0.376 e. The van der Waals surface area contributed by atoms with Crippen molar-refractivity contribution in [2.24, 2.45) is 0 Å². The van der Waals surface area contributed by atoms with E-state index in [0.29, 0.717) is 6.10 Å². The summed E-state index contributed by atoms with van der Waals surface area (Å²) in [6.45, 7) is 1.84. The highest BCUT2D eigenvalue weighted by atomic mass is 127. The lowest BCUT2D eigenvalue weighted by atomic mass is 10.6. The van der Waals surface area contributed by atoms with Crippen LogP contribution in [0.25, 0.3) is 0 Å². The smallest absolute Gasteiger partial charge is 0.0649 e. The molecule has 0 saturated heterocycles. The van der Waals surface area contributed by atoms with Gasteiger partial charge in [-0.2, -0.15) is 0 Å². The van der Waals surface area contributed by atoms with E-state index in [1.165, 1.54) is 16.4 Å². The van der Waals surface area contributed by atoms with Crippen LogP contribution in [-0.2, 0) is 11.3 Å². The van der Waals surface area contributed by atoms with Crippen LogP contribution in [0, 0.1) is 3.57 Å². The molecule has 1 heterocycles. The van der Waals surface area contributed by atoms with Gasteiger partial charge in [0.05, 0.1) is 12.7 Å². The summed E-state index contributed by atoms with van der Waals surface area (Å²) in [5.41, 5.74) is 0. The van der Waals surface area contributed by atoms with Crippen molar-refractivity contribution < 1.29 is 4.74 Å². The van der Waals surface area contributed by atoms with Crippen LogP contribution >= 0.6 is 22.6 Å². The number of aromatic nitrogens is 1. The van der Waals surface area contributed by atoms with Crippen molar-refractivity contribution >= 4 is 22.6 Å². The van der Waals surface area contributed by atoms with Gasteiger partial charge in [0.15, 0.2) is 0 Å². The Morgan fingerprint density at radius 1 is 1.58 bits per heavy atom. The molecule has 1 saturated carbocycles. The van der Waals surface area contributed by atoms with Crippen LogP contribution in [0.5, 0.6) is 0 Å². The molecule has 1 aliphatic rings. The first kappa shape index (κ1) is 8.56. The second-order valence-electron chi connectivity index (χ2n) is 3.14. The third-order valence-electron chi connectivity index (χ3n) is 1.94. The van der Waals surface area contributed by atoms with Crippen LogP contribution in [0.4, 0.5) is 0 Å². The summed E-state index contributed by atoms with van der Waals surface area (Å²) in [5.74, 6) is 0. The molecule has 66 valence electrons. The van der Waals surface area contributed by atoms with Gasteiger partial charge in [0.25, 0.3) is 0 Å². The summed E-state index contributed by atoms with van der Waals surface area (Å²) in [6, 6.07) is 2.11. The van der Waals surface area contributed by atoms with E-state index >= 15 is 0 Å². The van der Waals surface area contributed by atoms with Gasteiger partial charge in [0.1, 0.15) is 0 Å². The Morgan fingerprint density at radius 3 is 3.00 bits per heavy atom. The number of nitrogens with zero attached hydrogens (tertiary/aromatic N) is 1. The highest BCUT2D eigenvalue weighted by molar-refractivity contribution is 14.1. The zero-order chi connectivity index (χ0) is 8.39. The fourth-order valence-electron chi connectivity index (χ4n) is 1.11. The first-order chi connectivity index (χ1) is 5.84. The van der Waals surface area contributed by atoms with Gasteiger partial charge in [-0.25, -0.2) is 0 Å². The number of halogens is 1. The van der Waals surface area contributed by atoms with Gasteiger partial charge in [0.2, 0.25) is 0 Å². The topological polar surface area (TPSA) is 14.2 Å². The lowest BCUT2D eigenvalue weighted by Crippen LogP contribution is -2.04. The molecule has 0 amide bonds. The van der Waals surface area contributed by atoms with E-state index in [0.717, 1.165) is 13.2 Å². The quantitative estimate of drug-likeness (QED) is 0.770. The van der Waals surface area contributed by atoms with Crippen molar-refractivity contribution in [3.05, 3.63) is 22.0 Å².